The molecular formula is C13H13F3N2O2. The van der Waals surface area contributed by atoms with E-state index in [1.165, 1.54) is 17.0 Å². The maximum Gasteiger partial charge on any atom is 0.416 e. The van der Waals surface area contributed by atoms with Gasteiger partial charge in [0.15, 0.2) is 0 Å². The van der Waals surface area contributed by atoms with Gasteiger partial charge in [0, 0.05) is 18.7 Å². The number of nitrogens with zero attached hydrogens (tertiary/aromatic N) is 1. The van der Waals surface area contributed by atoms with Gasteiger partial charge in [-0.1, -0.05) is 6.07 Å². The van der Waals surface area contributed by atoms with E-state index in [0.717, 1.165) is 12.1 Å². The fourth-order valence-corrected chi connectivity index (χ4v) is 2.05. The number of rotatable bonds is 1. The minimum absolute atomic E-state index is 0.0682. The average molecular weight is 286 g/mol. The van der Waals surface area contributed by atoms with Crippen LogP contribution in [0.25, 0.3) is 0 Å². The molecule has 1 N–H and O–H groups in total. The van der Waals surface area contributed by atoms with Crippen LogP contribution in [0.15, 0.2) is 24.3 Å². The largest absolute Gasteiger partial charge is 0.416 e. The first-order valence-corrected chi connectivity index (χ1v) is 6.06. The Balaban J connectivity index is 2.27. The predicted octanol–water partition coefficient (Wildman–Crippen LogP) is 1.67. The average Bonchev–Trinajstić information content (AvgIpc) is 2.40. The van der Waals surface area contributed by atoms with Crippen LogP contribution >= 0.6 is 0 Å². The molecule has 4 nitrogen and oxygen atoms in total. The molecule has 20 heavy (non-hydrogen) atoms. The molecule has 0 saturated carbocycles. The zero-order valence-electron chi connectivity index (χ0n) is 10.7. The van der Waals surface area contributed by atoms with E-state index in [2.05, 4.69) is 5.32 Å². The van der Waals surface area contributed by atoms with Crippen molar-refractivity contribution in [3.63, 3.8) is 0 Å². The number of piperazine rings is 1. The number of halogens is 3. The Morgan fingerprint density at radius 3 is 2.75 bits per heavy atom. The first kappa shape index (κ1) is 14.4. The van der Waals surface area contributed by atoms with Crippen molar-refractivity contribution in [3.8, 4) is 0 Å². The van der Waals surface area contributed by atoms with Crippen molar-refractivity contribution in [2.24, 2.45) is 0 Å². The summed E-state index contributed by atoms with van der Waals surface area (Å²) in [4.78, 5) is 25.0. The normalized spacial score (nSPS) is 19.7. The summed E-state index contributed by atoms with van der Waals surface area (Å²) in [5.41, 5.74) is -0.946. The molecule has 0 spiro atoms. The minimum Gasteiger partial charge on any atom is -0.353 e. The Morgan fingerprint density at radius 1 is 1.40 bits per heavy atom. The van der Waals surface area contributed by atoms with Gasteiger partial charge in [0.05, 0.1) is 5.56 Å². The highest BCUT2D eigenvalue weighted by atomic mass is 19.4. The fourth-order valence-electron chi connectivity index (χ4n) is 2.05. The van der Waals surface area contributed by atoms with Crippen LogP contribution in [0.3, 0.4) is 0 Å². The Bertz CT molecular complexity index is 543. The van der Waals surface area contributed by atoms with Crippen molar-refractivity contribution in [2.75, 3.05) is 13.1 Å². The summed E-state index contributed by atoms with van der Waals surface area (Å²) in [6.45, 7) is 2.12. The number of carbonyl (C=O) groups excluding carboxylic acids is 2. The number of alkyl halides is 3. The molecule has 2 rings (SSSR count). The quantitative estimate of drug-likeness (QED) is 0.853. The van der Waals surface area contributed by atoms with Gasteiger partial charge in [-0.05, 0) is 25.1 Å². The van der Waals surface area contributed by atoms with Crippen LogP contribution in [-0.4, -0.2) is 35.8 Å². The van der Waals surface area contributed by atoms with E-state index in [1.807, 2.05) is 0 Å². The van der Waals surface area contributed by atoms with E-state index in [-0.39, 0.29) is 18.0 Å². The molecule has 1 aliphatic rings. The maximum absolute atomic E-state index is 12.6. The predicted molar refractivity (Wildman–Crippen MR) is 65.0 cm³/mol. The third-order valence-corrected chi connectivity index (χ3v) is 3.20. The van der Waals surface area contributed by atoms with Gasteiger partial charge in [-0.3, -0.25) is 9.59 Å². The lowest BCUT2D eigenvalue weighted by Gasteiger charge is -2.33. The van der Waals surface area contributed by atoms with Gasteiger partial charge in [0.25, 0.3) is 5.91 Å². The number of nitrogens with one attached hydrogen (secondary N) is 1. The Hall–Kier alpha value is -2.05. The lowest BCUT2D eigenvalue weighted by atomic mass is 10.1. The highest BCUT2D eigenvalue weighted by Gasteiger charge is 2.33. The lowest BCUT2D eigenvalue weighted by Crippen LogP contribution is -2.55. The Morgan fingerprint density at radius 2 is 2.10 bits per heavy atom. The molecule has 1 aromatic carbocycles. The van der Waals surface area contributed by atoms with Crippen LogP contribution < -0.4 is 5.32 Å². The summed E-state index contributed by atoms with van der Waals surface area (Å²) in [5, 5.41) is 2.59. The minimum atomic E-state index is -4.50. The van der Waals surface area contributed by atoms with Crippen molar-refractivity contribution < 1.29 is 22.8 Å². The third-order valence-electron chi connectivity index (χ3n) is 3.20. The summed E-state index contributed by atoms with van der Waals surface area (Å²) in [6, 6.07) is 3.53. The number of amides is 2. The van der Waals surface area contributed by atoms with Crippen molar-refractivity contribution in [1.82, 2.24) is 10.2 Å². The van der Waals surface area contributed by atoms with E-state index >= 15 is 0 Å². The maximum atomic E-state index is 12.6. The summed E-state index contributed by atoms with van der Waals surface area (Å²) in [7, 11) is 0. The molecule has 0 radical (unpaired) electrons. The second-order valence-corrected chi connectivity index (χ2v) is 4.54. The van der Waals surface area contributed by atoms with Crippen LogP contribution in [0.5, 0.6) is 0 Å². The van der Waals surface area contributed by atoms with Crippen molar-refractivity contribution in [1.29, 1.82) is 0 Å². The van der Waals surface area contributed by atoms with Gasteiger partial charge < -0.3 is 10.2 Å². The Labute approximate surface area is 113 Å². The van der Waals surface area contributed by atoms with Crippen LogP contribution in [0.2, 0.25) is 0 Å². The lowest BCUT2D eigenvalue weighted by molar-refractivity contribution is -0.137. The van der Waals surface area contributed by atoms with Gasteiger partial charge in [-0.15, -0.1) is 0 Å². The smallest absolute Gasteiger partial charge is 0.353 e. The second-order valence-electron chi connectivity index (χ2n) is 4.54. The molecule has 108 valence electrons. The highest BCUT2D eigenvalue weighted by Crippen LogP contribution is 2.29. The van der Waals surface area contributed by atoms with Crippen molar-refractivity contribution in [3.05, 3.63) is 35.4 Å². The summed E-state index contributed by atoms with van der Waals surface area (Å²) >= 11 is 0. The number of hydrogen-bond acceptors (Lipinski definition) is 2. The second kappa shape index (κ2) is 5.15. The number of carbonyl (C=O) groups is 2. The molecule has 0 unspecified atom stereocenters. The number of hydrogen-bond donors (Lipinski definition) is 1. The zero-order valence-corrected chi connectivity index (χ0v) is 10.7. The SMILES string of the molecule is C[C@@H]1C(=O)NCCN1C(=O)c1cccc(C(F)(F)F)c1. The van der Waals surface area contributed by atoms with E-state index in [0.29, 0.717) is 6.54 Å². The molecule has 1 atom stereocenters. The van der Waals surface area contributed by atoms with Crippen LogP contribution in [-0.2, 0) is 11.0 Å². The van der Waals surface area contributed by atoms with Crippen LogP contribution in [0.1, 0.15) is 22.8 Å². The Kier molecular flexibility index (Phi) is 3.69. The van der Waals surface area contributed by atoms with E-state index in [4.69, 9.17) is 0 Å². The summed E-state index contributed by atoms with van der Waals surface area (Å²) in [6.07, 6.45) is -4.50. The molecule has 1 saturated heterocycles. The highest BCUT2D eigenvalue weighted by molar-refractivity contribution is 5.98. The molecule has 7 heteroatoms. The fraction of sp³-hybridized carbons (Fsp3) is 0.385. The molecule has 1 fully saturated rings. The zero-order chi connectivity index (χ0) is 14.9. The topological polar surface area (TPSA) is 49.4 Å². The standard InChI is InChI=1S/C13H13F3N2O2/c1-8-11(19)17-5-6-18(8)12(20)9-3-2-4-10(7-9)13(14,15)16/h2-4,7-8H,5-6H2,1H3,(H,17,19)/t8-/m1/s1. The first-order valence-electron chi connectivity index (χ1n) is 6.06. The van der Waals surface area contributed by atoms with Gasteiger partial charge in [0.2, 0.25) is 5.91 Å². The van der Waals surface area contributed by atoms with E-state index in [9.17, 15) is 22.8 Å². The first-order chi connectivity index (χ1) is 9.30. The molecule has 1 heterocycles. The van der Waals surface area contributed by atoms with Gasteiger partial charge in [-0.2, -0.15) is 13.2 Å². The van der Waals surface area contributed by atoms with Crippen LogP contribution in [0.4, 0.5) is 13.2 Å². The van der Waals surface area contributed by atoms with Gasteiger partial charge in [0.1, 0.15) is 6.04 Å². The van der Waals surface area contributed by atoms with Gasteiger partial charge >= 0.3 is 6.18 Å². The van der Waals surface area contributed by atoms with Crippen molar-refractivity contribution >= 4 is 11.8 Å². The van der Waals surface area contributed by atoms with Crippen LogP contribution in [0, 0.1) is 0 Å². The molecule has 0 aliphatic carbocycles. The summed E-state index contributed by atoms with van der Waals surface area (Å²) in [5.74, 6) is -0.880. The molecule has 2 amide bonds. The molecular weight excluding hydrogens is 273 g/mol. The third kappa shape index (κ3) is 2.76. The number of benzene rings is 1. The molecule has 0 bridgehead atoms. The monoisotopic (exact) mass is 286 g/mol. The van der Waals surface area contributed by atoms with E-state index in [1.54, 1.807) is 6.92 Å². The summed E-state index contributed by atoms with van der Waals surface area (Å²) < 4.78 is 37.9. The van der Waals surface area contributed by atoms with Crippen molar-refractivity contribution in [2.45, 2.75) is 19.1 Å². The van der Waals surface area contributed by atoms with Gasteiger partial charge in [-0.25, -0.2) is 0 Å². The molecule has 0 aromatic heterocycles. The molecule has 1 aromatic rings. The van der Waals surface area contributed by atoms with E-state index < -0.39 is 23.7 Å². The molecule has 1 aliphatic heterocycles.